The summed E-state index contributed by atoms with van der Waals surface area (Å²) in [5, 5.41) is 3.22. The highest BCUT2D eigenvalue weighted by molar-refractivity contribution is 6.14. The molecule has 4 aromatic rings. The van der Waals surface area contributed by atoms with E-state index in [1.54, 1.807) is 18.3 Å². The molecule has 170 valence electrons. The van der Waals surface area contributed by atoms with E-state index >= 15 is 0 Å². The molecule has 0 radical (unpaired) electrons. The lowest BCUT2D eigenvalue weighted by Crippen LogP contribution is -2.12. The minimum Gasteiger partial charge on any atom is -0.256 e. The van der Waals surface area contributed by atoms with Crippen LogP contribution in [0.4, 0.5) is 13.2 Å². The fourth-order valence-corrected chi connectivity index (χ4v) is 5.96. The first-order chi connectivity index (χ1) is 15.7. The van der Waals surface area contributed by atoms with E-state index in [1.165, 1.54) is 16.7 Å². The van der Waals surface area contributed by atoms with E-state index in [0.29, 0.717) is 28.7 Å². The van der Waals surface area contributed by atoms with Gasteiger partial charge in [-0.25, -0.2) is 0 Å². The zero-order chi connectivity index (χ0) is 23.5. The number of aryl methyl sites for hydroxylation is 2. The summed E-state index contributed by atoms with van der Waals surface area (Å²) in [4.78, 5) is 4.84. The average molecular weight is 448 g/mol. The van der Waals surface area contributed by atoms with Gasteiger partial charge in [-0.3, -0.25) is 4.98 Å². The van der Waals surface area contributed by atoms with E-state index in [0.717, 1.165) is 33.8 Å². The molecule has 0 amide bonds. The first-order valence-electron chi connectivity index (χ1n) is 11.7. The molecular formula is C29H28F3N. The van der Waals surface area contributed by atoms with Crippen molar-refractivity contribution < 1.29 is 13.2 Å². The Morgan fingerprint density at radius 2 is 1.70 bits per heavy atom. The van der Waals surface area contributed by atoms with E-state index in [9.17, 15) is 13.2 Å². The maximum atomic E-state index is 13.3. The van der Waals surface area contributed by atoms with Crippen LogP contribution in [0.1, 0.15) is 48.4 Å². The van der Waals surface area contributed by atoms with Gasteiger partial charge in [-0.1, -0.05) is 62.2 Å². The molecule has 1 aliphatic rings. The summed E-state index contributed by atoms with van der Waals surface area (Å²) in [6.45, 7) is 8.83. The number of hydrogen-bond donors (Lipinski definition) is 0. The Kier molecular flexibility index (Phi) is 5.23. The van der Waals surface area contributed by atoms with Crippen molar-refractivity contribution in [2.45, 2.75) is 52.6 Å². The number of pyridine rings is 1. The van der Waals surface area contributed by atoms with Crippen LogP contribution in [0.3, 0.4) is 0 Å². The van der Waals surface area contributed by atoms with Gasteiger partial charge in [-0.15, -0.1) is 0 Å². The Labute approximate surface area is 192 Å². The van der Waals surface area contributed by atoms with E-state index < -0.39 is 12.6 Å². The molecule has 3 atom stereocenters. The highest BCUT2D eigenvalue weighted by Crippen LogP contribution is 2.58. The third-order valence-corrected chi connectivity index (χ3v) is 7.40. The summed E-state index contributed by atoms with van der Waals surface area (Å²) >= 11 is 0. The van der Waals surface area contributed by atoms with Crippen molar-refractivity contribution in [2.24, 2.45) is 11.8 Å². The highest BCUT2D eigenvalue weighted by atomic mass is 19.4. The second-order valence-corrected chi connectivity index (χ2v) is 9.63. The van der Waals surface area contributed by atoms with Gasteiger partial charge in [0.2, 0.25) is 0 Å². The largest absolute Gasteiger partial charge is 0.393 e. The maximum Gasteiger partial charge on any atom is 0.393 e. The fourth-order valence-electron chi connectivity index (χ4n) is 5.96. The molecule has 0 N–H and O–H groups in total. The summed E-state index contributed by atoms with van der Waals surface area (Å²) in [6, 6.07) is 15.4. The third kappa shape index (κ3) is 3.80. The number of fused-ring (bicyclic) bond motifs is 3. The summed E-state index contributed by atoms with van der Waals surface area (Å²) in [6.07, 6.45) is -2.32. The lowest BCUT2D eigenvalue weighted by atomic mass is 9.88. The molecule has 5 rings (SSSR count). The number of benzene rings is 3. The third-order valence-electron chi connectivity index (χ3n) is 7.40. The minimum atomic E-state index is -4.26. The summed E-state index contributed by atoms with van der Waals surface area (Å²) in [5.41, 5.74) is 6.10. The van der Waals surface area contributed by atoms with Gasteiger partial charge < -0.3 is 0 Å². The standard InChI is InChI=1S/C29H28F3N/c1-5-21-18(4)26(21)25-17(3)12-16(2)13-24(25)28-27-19(10-11-33-28)14-20(15-29(30,31)32)22-8-6-7-9-23(22)27/h6-14,18,21,26H,5,15H2,1-4H3. The molecule has 1 fully saturated rings. The van der Waals surface area contributed by atoms with E-state index in [-0.39, 0.29) is 0 Å². The number of aromatic nitrogens is 1. The van der Waals surface area contributed by atoms with Gasteiger partial charge in [0, 0.05) is 17.1 Å². The number of alkyl halides is 3. The van der Waals surface area contributed by atoms with Crippen molar-refractivity contribution in [1.29, 1.82) is 0 Å². The lowest BCUT2D eigenvalue weighted by molar-refractivity contribution is -0.126. The van der Waals surface area contributed by atoms with E-state index in [4.69, 9.17) is 4.98 Å². The van der Waals surface area contributed by atoms with Crippen molar-refractivity contribution in [3.8, 4) is 11.3 Å². The first-order valence-corrected chi connectivity index (χ1v) is 11.7. The Morgan fingerprint density at radius 3 is 2.36 bits per heavy atom. The fraction of sp³-hybridized carbons (Fsp3) is 0.345. The Balaban J connectivity index is 1.82. The first kappa shape index (κ1) is 21.9. The summed E-state index contributed by atoms with van der Waals surface area (Å²) in [7, 11) is 0. The monoisotopic (exact) mass is 447 g/mol. The van der Waals surface area contributed by atoms with Crippen LogP contribution >= 0.6 is 0 Å². The molecule has 0 spiro atoms. The molecule has 0 bridgehead atoms. The van der Waals surface area contributed by atoms with Crippen LogP contribution in [0.15, 0.2) is 54.7 Å². The van der Waals surface area contributed by atoms with Gasteiger partial charge in [0.15, 0.2) is 0 Å². The molecule has 1 nitrogen and oxygen atoms in total. The average Bonchev–Trinajstić information content (AvgIpc) is 3.40. The van der Waals surface area contributed by atoms with Crippen molar-refractivity contribution in [3.05, 3.63) is 77.0 Å². The van der Waals surface area contributed by atoms with Gasteiger partial charge in [-0.05, 0) is 76.6 Å². The quantitative estimate of drug-likeness (QED) is 0.286. The number of hydrogen-bond acceptors (Lipinski definition) is 1. The topological polar surface area (TPSA) is 12.9 Å². The van der Waals surface area contributed by atoms with Crippen molar-refractivity contribution in [1.82, 2.24) is 4.98 Å². The van der Waals surface area contributed by atoms with E-state index in [2.05, 4.69) is 39.8 Å². The highest BCUT2D eigenvalue weighted by Gasteiger charge is 2.47. The van der Waals surface area contributed by atoms with Crippen molar-refractivity contribution >= 4 is 21.5 Å². The predicted octanol–water partition coefficient (Wildman–Crippen LogP) is 8.54. The maximum absolute atomic E-state index is 13.3. The van der Waals surface area contributed by atoms with Crippen LogP contribution in [0.5, 0.6) is 0 Å². The molecular weight excluding hydrogens is 419 g/mol. The normalized spacial score (nSPS) is 20.5. The van der Waals surface area contributed by atoms with Gasteiger partial charge >= 0.3 is 6.18 Å². The van der Waals surface area contributed by atoms with Crippen molar-refractivity contribution in [2.75, 3.05) is 0 Å². The van der Waals surface area contributed by atoms with Crippen LogP contribution in [-0.4, -0.2) is 11.2 Å². The van der Waals surface area contributed by atoms with Gasteiger partial charge in [0.05, 0.1) is 12.1 Å². The predicted molar refractivity (Wildman–Crippen MR) is 130 cm³/mol. The SMILES string of the molecule is CCC1C(C)C1c1c(C)cc(C)cc1-c1nccc2cc(CC(F)(F)F)c3ccccc3c12. The Hall–Kier alpha value is -2.88. The smallest absolute Gasteiger partial charge is 0.256 e. The second kappa shape index (κ2) is 7.86. The number of halogens is 3. The molecule has 4 heteroatoms. The van der Waals surface area contributed by atoms with Crippen LogP contribution in [0, 0.1) is 25.7 Å². The zero-order valence-electron chi connectivity index (χ0n) is 19.4. The van der Waals surface area contributed by atoms with Crippen molar-refractivity contribution in [3.63, 3.8) is 0 Å². The molecule has 3 aromatic carbocycles. The molecule has 3 unspecified atom stereocenters. The molecule has 33 heavy (non-hydrogen) atoms. The molecule has 0 aliphatic heterocycles. The van der Waals surface area contributed by atoms with Gasteiger partial charge in [0.1, 0.15) is 0 Å². The molecule has 1 aromatic heterocycles. The summed E-state index contributed by atoms with van der Waals surface area (Å²) in [5.74, 6) is 1.79. The van der Waals surface area contributed by atoms with Gasteiger partial charge in [0.25, 0.3) is 0 Å². The zero-order valence-corrected chi connectivity index (χ0v) is 19.4. The lowest BCUT2D eigenvalue weighted by Gasteiger charge is -2.18. The second-order valence-electron chi connectivity index (χ2n) is 9.63. The van der Waals surface area contributed by atoms with Gasteiger partial charge in [-0.2, -0.15) is 13.2 Å². The van der Waals surface area contributed by atoms with Crippen LogP contribution in [0.25, 0.3) is 32.8 Å². The Bertz CT molecular complexity index is 1370. The van der Waals surface area contributed by atoms with E-state index in [1.807, 2.05) is 24.3 Å². The van der Waals surface area contributed by atoms with Crippen LogP contribution < -0.4 is 0 Å². The molecule has 1 heterocycles. The summed E-state index contributed by atoms with van der Waals surface area (Å²) < 4.78 is 40.0. The molecule has 1 aliphatic carbocycles. The molecule has 1 saturated carbocycles. The molecule has 0 saturated heterocycles. The van der Waals surface area contributed by atoms with Crippen LogP contribution in [-0.2, 0) is 6.42 Å². The number of nitrogens with zero attached hydrogens (tertiary/aromatic N) is 1. The van der Waals surface area contributed by atoms with Crippen LogP contribution in [0.2, 0.25) is 0 Å². The Morgan fingerprint density at radius 1 is 0.970 bits per heavy atom. The number of rotatable bonds is 4. The minimum absolute atomic E-state index is 0.310.